The molecular formula is C17H21F3N4O. The van der Waals surface area contributed by atoms with E-state index in [1.54, 1.807) is 0 Å². The maximum atomic E-state index is 13.5. The summed E-state index contributed by atoms with van der Waals surface area (Å²) in [5.41, 5.74) is 0.0975. The summed E-state index contributed by atoms with van der Waals surface area (Å²) in [5.74, 6) is -0.197. The first-order valence-corrected chi connectivity index (χ1v) is 8.53. The van der Waals surface area contributed by atoms with E-state index >= 15 is 0 Å². The van der Waals surface area contributed by atoms with Crippen LogP contribution in [0, 0.1) is 6.92 Å². The number of hydrogen-bond acceptors (Lipinski definition) is 3. The van der Waals surface area contributed by atoms with Crippen molar-refractivity contribution in [1.82, 2.24) is 20.1 Å². The molecule has 0 spiro atoms. The Kier molecular flexibility index (Phi) is 4.71. The van der Waals surface area contributed by atoms with Crippen LogP contribution in [0.3, 0.4) is 0 Å². The van der Waals surface area contributed by atoms with Crippen LogP contribution in [0.4, 0.5) is 13.2 Å². The molecule has 3 rings (SSSR count). The Morgan fingerprint density at radius 2 is 2.12 bits per heavy atom. The first-order chi connectivity index (χ1) is 11.8. The fourth-order valence-electron chi connectivity index (χ4n) is 2.89. The SMILES string of the molecule is CCCCNC(=O)Cn1nc(C)c2c(C(F)(F)F)cc(C3CC3)nc21. The van der Waals surface area contributed by atoms with Crippen molar-refractivity contribution in [3.8, 4) is 0 Å². The van der Waals surface area contributed by atoms with Crippen LogP contribution in [-0.2, 0) is 17.5 Å². The lowest BCUT2D eigenvalue weighted by Gasteiger charge is -2.11. The lowest BCUT2D eigenvalue weighted by Crippen LogP contribution is -2.28. The highest BCUT2D eigenvalue weighted by molar-refractivity contribution is 5.85. The van der Waals surface area contributed by atoms with Crippen molar-refractivity contribution in [2.24, 2.45) is 0 Å². The van der Waals surface area contributed by atoms with Gasteiger partial charge in [-0.2, -0.15) is 18.3 Å². The van der Waals surface area contributed by atoms with Crippen molar-refractivity contribution < 1.29 is 18.0 Å². The molecule has 1 saturated carbocycles. The summed E-state index contributed by atoms with van der Waals surface area (Å²) in [5, 5.41) is 6.88. The molecule has 1 fully saturated rings. The quantitative estimate of drug-likeness (QED) is 0.807. The lowest BCUT2D eigenvalue weighted by molar-refractivity contribution is -0.136. The van der Waals surface area contributed by atoms with Crippen molar-refractivity contribution in [1.29, 1.82) is 0 Å². The molecule has 136 valence electrons. The van der Waals surface area contributed by atoms with Crippen LogP contribution in [0.15, 0.2) is 6.07 Å². The minimum absolute atomic E-state index is 0.0155. The molecule has 5 nitrogen and oxygen atoms in total. The van der Waals surface area contributed by atoms with Crippen LogP contribution in [-0.4, -0.2) is 27.2 Å². The number of rotatable bonds is 6. The zero-order valence-electron chi connectivity index (χ0n) is 14.3. The fourth-order valence-corrected chi connectivity index (χ4v) is 2.89. The third-order valence-corrected chi connectivity index (χ3v) is 4.34. The summed E-state index contributed by atoms with van der Waals surface area (Å²) >= 11 is 0. The number of aromatic nitrogens is 3. The number of nitrogens with zero attached hydrogens (tertiary/aromatic N) is 3. The van der Waals surface area contributed by atoms with E-state index < -0.39 is 11.7 Å². The third-order valence-electron chi connectivity index (χ3n) is 4.34. The fraction of sp³-hybridized carbons (Fsp3) is 0.588. The van der Waals surface area contributed by atoms with E-state index in [9.17, 15) is 18.0 Å². The van der Waals surface area contributed by atoms with E-state index in [0.29, 0.717) is 12.2 Å². The van der Waals surface area contributed by atoms with Crippen molar-refractivity contribution in [3.05, 3.63) is 23.0 Å². The van der Waals surface area contributed by atoms with Gasteiger partial charge in [-0.25, -0.2) is 9.67 Å². The smallest absolute Gasteiger partial charge is 0.354 e. The van der Waals surface area contributed by atoms with Gasteiger partial charge in [0.1, 0.15) is 6.54 Å². The number of fused-ring (bicyclic) bond motifs is 1. The average molecular weight is 354 g/mol. The van der Waals surface area contributed by atoms with E-state index in [1.165, 1.54) is 11.6 Å². The van der Waals surface area contributed by atoms with Crippen molar-refractivity contribution in [2.75, 3.05) is 6.54 Å². The van der Waals surface area contributed by atoms with Crippen LogP contribution in [0.2, 0.25) is 0 Å². The van der Waals surface area contributed by atoms with Gasteiger partial charge in [0.15, 0.2) is 5.65 Å². The minimum Gasteiger partial charge on any atom is -0.354 e. The summed E-state index contributed by atoms with van der Waals surface area (Å²) in [6, 6.07) is 1.14. The van der Waals surface area contributed by atoms with Gasteiger partial charge in [-0.1, -0.05) is 13.3 Å². The van der Waals surface area contributed by atoms with E-state index in [-0.39, 0.29) is 35.1 Å². The number of aryl methyl sites for hydroxylation is 1. The Morgan fingerprint density at radius 3 is 2.72 bits per heavy atom. The summed E-state index contributed by atoms with van der Waals surface area (Å²) < 4.78 is 41.8. The molecule has 0 aliphatic heterocycles. The van der Waals surface area contributed by atoms with Crippen LogP contribution in [0.5, 0.6) is 0 Å². The van der Waals surface area contributed by atoms with Gasteiger partial charge >= 0.3 is 6.18 Å². The highest BCUT2D eigenvalue weighted by Gasteiger charge is 2.37. The Balaban J connectivity index is 1.99. The van der Waals surface area contributed by atoms with Crippen LogP contribution >= 0.6 is 0 Å². The zero-order chi connectivity index (χ0) is 18.2. The van der Waals surface area contributed by atoms with E-state index in [4.69, 9.17) is 0 Å². The van der Waals surface area contributed by atoms with Gasteiger partial charge in [0.2, 0.25) is 5.91 Å². The van der Waals surface area contributed by atoms with E-state index in [1.807, 2.05) is 6.92 Å². The molecular weight excluding hydrogens is 333 g/mol. The molecule has 2 aromatic rings. The second kappa shape index (κ2) is 6.65. The topological polar surface area (TPSA) is 59.8 Å². The number of pyridine rings is 1. The molecule has 0 bridgehead atoms. The molecule has 1 aliphatic carbocycles. The lowest BCUT2D eigenvalue weighted by atomic mass is 10.1. The Labute approximate surface area is 143 Å². The molecule has 0 unspecified atom stereocenters. The molecule has 2 heterocycles. The van der Waals surface area contributed by atoms with Crippen LogP contribution in [0.25, 0.3) is 11.0 Å². The van der Waals surface area contributed by atoms with Crippen molar-refractivity contribution in [2.45, 2.75) is 58.2 Å². The monoisotopic (exact) mass is 354 g/mol. The summed E-state index contributed by atoms with van der Waals surface area (Å²) in [7, 11) is 0. The number of alkyl halides is 3. The predicted octanol–water partition coefficient (Wildman–Crippen LogP) is 3.55. The molecule has 0 aromatic carbocycles. The predicted molar refractivity (Wildman–Crippen MR) is 87.2 cm³/mol. The van der Waals surface area contributed by atoms with Gasteiger partial charge in [-0.15, -0.1) is 0 Å². The standard InChI is InChI=1S/C17H21F3N4O/c1-3-4-7-21-14(25)9-24-16-15(10(2)23-24)12(17(18,19)20)8-13(22-16)11-5-6-11/h8,11H,3-7,9H2,1-2H3,(H,21,25). The van der Waals surface area contributed by atoms with Gasteiger partial charge in [0, 0.05) is 18.2 Å². The highest BCUT2D eigenvalue weighted by atomic mass is 19.4. The molecule has 0 radical (unpaired) electrons. The molecule has 25 heavy (non-hydrogen) atoms. The van der Waals surface area contributed by atoms with E-state index in [0.717, 1.165) is 31.7 Å². The van der Waals surface area contributed by atoms with E-state index in [2.05, 4.69) is 15.4 Å². The van der Waals surface area contributed by atoms with Gasteiger partial charge in [0.25, 0.3) is 0 Å². The summed E-state index contributed by atoms with van der Waals surface area (Å²) in [4.78, 5) is 16.4. The molecule has 0 saturated heterocycles. The third kappa shape index (κ3) is 3.77. The number of amides is 1. The first kappa shape index (κ1) is 17.7. The molecule has 2 aromatic heterocycles. The second-order valence-electron chi connectivity index (χ2n) is 6.51. The Morgan fingerprint density at radius 1 is 1.40 bits per heavy atom. The normalized spacial score (nSPS) is 14.9. The molecule has 8 heteroatoms. The number of hydrogen-bond donors (Lipinski definition) is 1. The number of unbranched alkanes of at least 4 members (excludes halogenated alkanes) is 1. The maximum absolute atomic E-state index is 13.5. The largest absolute Gasteiger partial charge is 0.417 e. The molecule has 1 N–H and O–H groups in total. The highest BCUT2D eigenvalue weighted by Crippen LogP contribution is 2.43. The summed E-state index contributed by atoms with van der Waals surface area (Å²) in [6.45, 7) is 3.94. The molecule has 0 atom stereocenters. The molecule has 1 aliphatic rings. The van der Waals surface area contributed by atoms with Gasteiger partial charge < -0.3 is 5.32 Å². The number of nitrogens with one attached hydrogen (secondary N) is 1. The van der Waals surface area contributed by atoms with Crippen LogP contribution in [0.1, 0.15) is 55.5 Å². The Hall–Kier alpha value is -2.12. The number of carbonyl (C=O) groups is 1. The minimum atomic E-state index is -4.48. The second-order valence-corrected chi connectivity index (χ2v) is 6.51. The summed E-state index contributed by atoms with van der Waals surface area (Å²) in [6.07, 6.45) is -0.980. The number of halogens is 3. The van der Waals surface area contributed by atoms with Crippen molar-refractivity contribution >= 4 is 16.9 Å². The Bertz CT molecular complexity index is 793. The maximum Gasteiger partial charge on any atom is 0.417 e. The van der Waals surface area contributed by atoms with Gasteiger partial charge in [-0.05, 0) is 32.3 Å². The first-order valence-electron chi connectivity index (χ1n) is 8.53. The van der Waals surface area contributed by atoms with Gasteiger partial charge in [-0.3, -0.25) is 4.79 Å². The average Bonchev–Trinajstić information content (AvgIpc) is 3.33. The van der Waals surface area contributed by atoms with Gasteiger partial charge in [0.05, 0.1) is 16.6 Å². The number of carbonyl (C=O) groups excluding carboxylic acids is 1. The zero-order valence-corrected chi connectivity index (χ0v) is 14.3. The molecule has 1 amide bonds. The van der Waals surface area contributed by atoms with Crippen LogP contribution < -0.4 is 5.32 Å². The van der Waals surface area contributed by atoms with Crippen molar-refractivity contribution in [3.63, 3.8) is 0 Å².